The molecule has 0 unspecified atom stereocenters. The van der Waals surface area contributed by atoms with E-state index in [-0.39, 0.29) is 18.1 Å². The highest BCUT2D eigenvalue weighted by Gasteiger charge is 2.12. The minimum absolute atomic E-state index is 0.0809. The second kappa shape index (κ2) is 5.80. The van der Waals surface area contributed by atoms with E-state index in [0.717, 1.165) is 6.07 Å². The molecule has 0 atom stereocenters. The minimum atomic E-state index is -0.542. The SMILES string of the molecule is O=C(Nc1ncc[nH]1)c1cc(F)ccc1C#CCO. The van der Waals surface area contributed by atoms with Gasteiger partial charge >= 0.3 is 0 Å². The molecule has 19 heavy (non-hydrogen) atoms. The Balaban J connectivity index is 2.31. The molecule has 0 saturated carbocycles. The van der Waals surface area contributed by atoms with Crippen LogP contribution in [0.4, 0.5) is 10.3 Å². The number of aromatic nitrogens is 2. The maximum Gasteiger partial charge on any atom is 0.259 e. The standard InChI is InChI=1S/C13H10FN3O2/c14-10-4-3-9(2-1-7-18)11(8-10)12(19)17-13-15-5-6-16-13/h3-6,8,18H,7H2,(H2,15,16,17,19). The Morgan fingerprint density at radius 2 is 2.37 bits per heavy atom. The van der Waals surface area contributed by atoms with Crippen molar-refractivity contribution in [2.75, 3.05) is 11.9 Å². The fraction of sp³-hybridized carbons (Fsp3) is 0.0769. The van der Waals surface area contributed by atoms with Crippen LogP contribution >= 0.6 is 0 Å². The molecule has 0 bridgehead atoms. The summed E-state index contributed by atoms with van der Waals surface area (Å²) < 4.78 is 13.2. The third-order valence-electron chi connectivity index (χ3n) is 2.26. The molecule has 1 heterocycles. The molecular weight excluding hydrogens is 249 g/mol. The number of halogens is 1. The van der Waals surface area contributed by atoms with Gasteiger partial charge in [0.2, 0.25) is 5.95 Å². The van der Waals surface area contributed by atoms with E-state index < -0.39 is 11.7 Å². The molecule has 0 aliphatic rings. The Labute approximate surface area is 108 Å². The second-order valence-electron chi connectivity index (χ2n) is 3.54. The number of carbonyl (C=O) groups excluding carboxylic acids is 1. The number of rotatable bonds is 2. The number of aliphatic hydroxyl groups is 1. The van der Waals surface area contributed by atoms with Crippen molar-refractivity contribution < 1.29 is 14.3 Å². The van der Waals surface area contributed by atoms with Gasteiger partial charge in [-0.05, 0) is 18.2 Å². The molecule has 0 saturated heterocycles. The van der Waals surface area contributed by atoms with Crippen LogP contribution in [0.25, 0.3) is 0 Å². The van der Waals surface area contributed by atoms with Crippen molar-refractivity contribution in [2.45, 2.75) is 0 Å². The Morgan fingerprint density at radius 3 is 3.05 bits per heavy atom. The van der Waals surface area contributed by atoms with Crippen molar-refractivity contribution in [3.05, 3.63) is 47.5 Å². The quantitative estimate of drug-likeness (QED) is 0.708. The molecule has 3 N–H and O–H groups in total. The number of aromatic amines is 1. The van der Waals surface area contributed by atoms with Crippen molar-refractivity contribution in [1.29, 1.82) is 0 Å². The minimum Gasteiger partial charge on any atom is -0.384 e. The van der Waals surface area contributed by atoms with Crippen LogP contribution in [0.3, 0.4) is 0 Å². The van der Waals surface area contributed by atoms with Gasteiger partial charge in [-0.25, -0.2) is 9.37 Å². The molecule has 0 spiro atoms. The average molecular weight is 259 g/mol. The molecule has 1 amide bonds. The van der Waals surface area contributed by atoms with Crippen molar-refractivity contribution >= 4 is 11.9 Å². The number of aliphatic hydroxyl groups excluding tert-OH is 1. The summed E-state index contributed by atoms with van der Waals surface area (Å²) in [4.78, 5) is 18.5. The van der Waals surface area contributed by atoms with Gasteiger partial charge in [0.15, 0.2) is 0 Å². The zero-order valence-corrected chi connectivity index (χ0v) is 9.77. The predicted octanol–water partition coefficient (Wildman–Crippen LogP) is 1.14. The number of hydrogen-bond donors (Lipinski definition) is 3. The predicted molar refractivity (Wildman–Crippen MR) is 66.9 cm³/mol. The molecule has 0 radical (unpaired) electrons. The van der Waals surface area contributed by atoms with Crippen LogP contribution in [-0.2, 0) is 0 Å². The first-order valence-corrected chi connectivity index (χ1v) is 5.40. The van der Waals surface area contributed by atoms with Gasteiger partial charge in [0.05, 0.1) is 5.56 Å². The van der Waals surface area contributed by atoms with E-state index in [1.807, 2.05) is 0 Å². The molecule has 0 aliphatic carbocycles. The van der Waals surface area contributed by atoms with Crippen molar-refractivity contribution in [3.8, 4) is 11.8 Å². The highest BCUT2D eigenvalue weighted by Crippen LogP contribution is 2.12. The molecule has 0 aliphatic heterocycles. The third kappa shape index (κ3) is 3.18. The number of hydrogen-bond acceptors (Lipinski definition) is 3. The first kappa shape index (κ1) is 12.8. The summed E-state index contributed by atoms with van der Waals surface area (Å²) in [6.07, 6.45) is 3.03. The van der Waals surface area contributed by atoms with Crippen molar-refractivity contribution in [1.82, 2.24) is 9.97 Å². The van der Waals surface area contributed by atoms with Crippen LogP contribution in [0.15, 0.2) is 30.6 Å². The smallest absolute Gasteiger partial charge is 0.259 e. The summed E-state index contributed by atoms with van der Waals surface area (Å²) in [6.45, 7) is -0.337. The molecular formula is C13H10FN3O2. The van der Waals surface area contributed by atoms with Crippen molar-refractivity contribution in [3.63, 3.8) is 0 Å². The van der Waals surface area contributed by atoms with E-state index in [9.17, 15) is 9.18 Å². The van der Waals surface area contributed by atoms with Crippen LogP contribution in [-0.4, -0.2) is 27.6 Å². The zero-order valence-electron chi connectivity index (χ0n) is 9.77. The average Bonchev–Trinajstić information content (AvgIpc) is 2.90. The Hall–Kier alpha value is -2.65. The second-order valence-corrected chi connectivity index (χ2v) is 3.54. The summed E-state index contributed by atoms with van der Waals surface area (Å²) >= 11 is 0. The van der Waals surface area contributed by atoms with E-state index in [0.29, 0.717) is 5.56 Å². The molecule has 1 aromatic heterocycles. The van der Waals surface area contributed by atoms with Crippen LogP contribution in [0.1, 0.15) is 15.9 Å². The summed E-state index contributed by atoms with van der Waals surface area (Å²) in [6, 6.07) is 3.67. The lowest BCUT2D eigenvalue weighted by Gasteiger charge is -2.04. The number of amides is 1. The van der Waals surface area contributed by atoms with Gasteiger partial charge in [0.25, 0.3) is 5.91 Å². The number of imidazole rings is 1. The lowest BCUT2D eigenvalue weighted by molar-refractivity contribution is 0.102. The molecule has 5 nitrogen and oxygen atoms in total. The zero-order chi connectivity index (χ0) is 13.7. The molecule has 0 fully saturated rings. The van der Waals surface area contributed by atoms with Crippen molar-refractivity contribution in [2.24, 2.45) is 0 Å². The lowest BCUT2D eigenvalue weighted by atomic mass is 10.1. The van der Waals surface area contributed by atoms with Crippen LogP contribution in [0.2, 0.25) is 0 Å². The number of nitrogens with zero attached hydrogens (tertiary/aromatic N) is 1. The summed E-state index contributed by atoms with van der Waals surface area (Å²) in [5, 5.41) is 11.1. The van der Waals surface area contributed by atoms with Crippen LogP contribution < -0.4 is 5.32 Å². The number of carbonyl (C=O) groups is 1. The third-order valence-corrected chi connectivity index (χ3v) is 2.26. The van der Waals surface area contributed by atoms with Gasteiger partial charge in [-0.1, -0.05) is 11.8 Å². The highest BCUT2D eigenvalue weighted by molar-refractivity contribution is 6.05. The van der Waals surface area contributed by atoms with Crippen LogP contribution in [0, 0.1) is 17.7 Å². The fourth-order valence-corrected chi connectivity index (χ4v) is 1.46. The lowest BCUT2D eigenvalue weighted by Crippen LogP contribution is -2.14. The Kier molecular flexibility index (Phi) is 3.90. The normalized spacial score (nSPS) is 9.58. The first-order chi connectivity index (χ1) is 9.20. The number of benzene rings is 1. The van der Waals surface area contributed by atoms with Gasteiger partial charge in [-0.3, -0.25) is 10.1 Å². The van der Waals surface area contributed by atoms with Crippen LogP contribution in [0.5, 0.6) is 0 Å². The maximum atomic E-state index is 13.2. The highest BCUT2D eigenvalue weighted by atomic mass is 19.1. The van der Waals surface area contributed by atoms with Gasteiger partial charge in [-0.15, -0.1) is 0 Å². The van der Waals surface area contributed by atoms with Gasteiger partial charge < -0.3 is 10.1 Å². The first-order valence-electron chi connectivity index (χ1n) is 5.40. The summed E-state index contributed by atoms with van der Waals surface area (Å²) in [7, 11) is 0. The number of anilines is 1. The molecule has 2 aromatic rings. The largest absolute Gasteiger partial charge is 0.384 e. The van der Waals surface area contributed by atoms with Gasteiger partial charge in [0.1, 0.15) is 12.4 Å². The molecule has 6 heteroatoms. The number of nitrogens with one attached hydrogen (secondary N) is 2. The van der Waals surface area contributed by atoms with E-state index in [2.05, 4.69) is 27.1 Å². The van der Waals surface area contributed by atoms with E-state index in [4.69, 9.17) is 5.11 Å². The van der Waals surface area contributed by atoms with E-state index in [1.54, 1.807) is 6.20 Å². The molecule has 1 aromatic carbocycles. The molecule has 2 rings (SSSR count). The fourth-order valence-electron chi connectivity index (χ4n) is 1.46. The Bertz CT molecular complexity index is 642. The number of H-pyrrole nitrogens is 1. The summed E-state index contributed by atoms with van der Waals surface area (Å²) in [5.74, 6) is 4.20. The monoisotopic (exact) mass is 259 g/mol. The van der Waals surface area contributed by atoms with Gasteiger partial charge in [-0.2, -0.15) is 0 Å². The van der Waals surface area contributed by atoms with E-state index >= 15 is 0 Å². The molecule has 96 valence electrons. The van der Waals surface area contributed by atoms with Gasteiger partial charge in [0, 0.05) is 18.0 Å². The summed E-state index contributed by atoms with van der Waals surface area (Å²) in [5.41, 5.74) is 0.414. The van der Waals surface area contributed by atoms with E-state index in [1.165, 1.54) is 18.3 Å². The Morgan fingerprint density at radius 1 is 1.53 bits per heavy atom. The maximum absolute atomic E-state index is 13.2. The topological polar surface area (TPSA) is 78.0 Å².